The average molecular weight is 358 g/mol. The van der Waals surface area contributed by atoms with Crippen LogP contribution in [-0.4, -0.2) is 36.0 Å². The molecular formula is C14H19IN2O. The van der Waals surface area contributed by atoms with Gasteiger partial charge in [0.25, 0.3) is 5.91 Å². The molecule has 1 fully saturated rings. The van der Waals surface area contributed by atoms with E-state index in [1.54, 1.807) is 0 Å². The summed E-state index contributed by atoms with van der Waals surface area (Å²) in [5.74, 6) is 0.156. The second kappa shape index (κ2) is 5.57. The Morgan fingerprint density at radius 2 is 2.17 bits per heavy atom. The molecule has 0 radical (unpaired) electrons. The lowest BCUT2D eigenvalue weighted by molar-refractivity contribution is 0.0601. The van der Waals surface area contributed by atoms with Crippen LogP contribution in [0.1, 0.15) is 29.8 Å². The van der Waals surface area contributed by atoms with Crippen molar-refractivity contribution in [2.24, 2.45) is 0 Å². The Bertz CT molecular complexity index is 461. The molecule has 1 aliphatic heterocycles. The highest BCUT2D eigenvalue weighted by atomic mass is 127. The summed E-state index contributed by atoms with van der Waals surface area (Å²) in [6.07, 6.45) is 0. The van der Waals surface area contributed by atoms with Crippen molar-refractivity contribution in [1.82, 2.24) is 10.2 Å². The second-order valence-electron chi connectivity index (χ2n) is 4.92. The summed E-state index contributed by atoms with van der Waals surface area (Å²) < 4.78 is 1.07. The molecule has 1 saturated heterocycles. The third-order valence-electron chi connectivity index (χ3n) is 3.72. The first kappa shape index (κ1) is 13.8. The number of carbonyl (C=O) groups excluding carboxylic acids is 1. The molecule has 1 amide bonds. The molecule has 4 heteroatoms. The first-order valence-corrected chi connectivity index (χ1v) is 7.39. The average Bonchev–Trinajstić information content (AvgIpc) is 2.35. The van der Waals surface area contributed by atoms with Gasteiger partial charge in [-0.3, -0.25) is 4.79 Å². The van der Waals surface area contributed by atoms with Gasteiger partial charge in [0.05, 0.1) is 5.56 Å². The molecule has 1 heterocycles. The van der Waals surface area contributed by atoms with Crippen molar-refractivity contribution >= 4 is 28.5 Å². The summed E-state index contributed by atoms with van der Waals surface area (Å²) in [6.45, 7) is 7.94. The lowest BCUT2D eigenvalue weighted by atomic mass is 10.0. The van der Waals surface area contributed by atoms with Gasteiger partial charge in [0, 0.05) is 28.7 Å². The SMILES string of the molecule is Cc1cccc(C(=O)N2CCNC(C)C2C)c1I. The number of carbonyl (C=O) groups is 1. The zero-order valence-electron chi connectivity index (χ0n) is 11.0. The number of amides is 1. The number of aryl methyl sites for hydroxylation is 1. The Morgan fingerprint density at radius 3 is 2.89 bits per heavy atom. The van der Waals surface area contributed by atoms with Gasteiger partial charge in [-0.05, 0) is 55.0 Å². The van der Waals surface area contributed by atoms with Crippen molar-refractivity contribution < 1.29 is 4.79 Å². The highest BCUT2D eigenvalue weighted by Gasteiger charge is 2.29. The lowest BCUT2D eigenvalue weighted by Gasteiger charge is -2.38. The number of hydrogen-bond donors (Lipinski definition) is 1. The van der Waals surface area contributed by atoms with Crippen LogP contribution in [0, 0.1) is 10.5 Å². The largest absolute Gasteiger partial charge is 0.333 e. The van der Waals surface area contributed by atoms with E-state index in [-0.39, 0.29) is 11.9 Å². The van der Waals surface area contributed by atoms with E-state index in [2.05, 4.69) is 41.8 Å². The van der Waals surface area contributed by atoms with E-state index in [0.717, 1.165) is 27.8 Å². The Hall–Kier alpha value is -0.620. The van der Waals surface area contributed by atoms with Gasteiger partial charge >= 0.3 is 0 Å². The molecule has 0 aromatic heterocycles. The molecule has 0 bridgehead atoms. The quantitative estimate of drug-likeness (QED) is 0.783. The van der Waals surface area contributed by atoms with Gasteiger partial charge in [-0.2, -0.15) is 0 Å². The van der Waals surface area contributed by atoms with E-state index in [1.165, 1.54) is 0 Å². The monoisotopic (exact) mass is 358 g/mol. The maximum Gasteiger partial charge on any atom is 0.255 e. The predicted molar refractivity (Wildman–Crippen MR) is 81.9 cm³/mol. The maximum atomic E-state index is 12.6. The van der Waals surface area contributed by atoms with Gasteiger partial charge in [-0.15, -0.1) is 0 Å². The summed E-state index contributed by atoms with van der Waals surface area (Å²) in [5.41, 5.74) is 1.99. The van der Waals surface area contributed by atoms with Gasteiger partial charge in [-0.25, -0.2) is 0 Å². The number of rotatable bonds is 1. The van der Waals surface area contributed by atoms with Crippen LogP contribution in [0.4, 0.5) is 0 Å². The standard InChI is InChI=1S/C14H19IN2O/c1-9-5-4-6-12(13(9)15)14(18)17-8-7-16-10(2)11(17)3/h4-6,10-11,16H,7-8H2,1-3H3. The van der Waals surface area contributed by atoms with Gasteiger partial charge in [-0.1, -0.05) is 12.1 Å². The minimum absolute atomic E-state index is 0.156. The van der Waals surface area contributed by atoms with Crippen molar-refractivity contribution in [2.45, 2.75) is 32.9 Å². The molecule has 98 valence electrons. The van der Waals surface area contributed by atoms with Crippen LogP contribution in [0.25, 0.3) is 0 Å². The molecule has 1 N–H and O–H groups in total. The zero-order chi connectivity index (χ0) is 13.3. The molecule has 18 heavy (non-hydrogen) atoms. The van der Waals surface area contributed by atoms with Crippen LogP contribution in [0.5, 0.6) is 0 Å². The molecule has 2 atom stereocenters. The predicted octanol–water partition coefficient (Wildman–Crippen LogP) is 2.42. The van der Waals surface area contributed by atoms with Crippen LogP contribution >= 0.6 is 22.6 Å². The molecule has 2 rings (SSSR count). The Labute approximate surface area is 122 Å². The van der Waals surface area contributed by atoms with E-state index in [4.69, 9.17) is 0 Å². The van der Waals surface area contributed by atoms with Crippen LogP contribution in [0.2, 0.25) is 0 Å². The van der Waals surface area contributed by atoms with Crippen molar-refractivity contribution in [3.8, 4) is 0 Å². The molecule has 0 aliphatic carbocycles. The summed E-state index contributed by atoms with van der Waals surface area (Å²) in [6, 6.07) is 6.52. The topological polar surface area (TPSA) is 32.3 Å². The van der Waals surface area contributed by atoms with Gasteiger partial charge < -0.3 is 10.2 Å². The van der Waals surface area contributed by atoms with Crippen LogP contribution in [-0.2, 0) is 0 Å². The Kier molecular flexibility index (Phi) is 4.27. The van der Waals surface area contributed by atoms with Crippen LogP contribution in [0.3, 0.4) is 0 Å². The van der Waals surface area contributed by atoms with Crippen molar-refractivity contribution in [3.63, 3.8) is 0 Å². The Balaban J connectivity index is 2.28. The van der Waals surface area contributed by atoms with Crippen molar-refractivity contribution in [1.29, 1.82) is 0 Å². The molecule has 1 aliphatic rings. The minimum Gasteiger partial charge on any atom is -0.333 e. The minimum atomic E-state index is 0.156. The highest BCUT2D eigenvalue weighted by molar-refractivity contribution is 14.1. The maximum absolute atomic E-state index is 12.6. The Morgan fingerprint density at radius 1 is 1.44 bits per heavy atom. The smallest absolute Gasteiger partial charge is 0.255 e. The number of piperazine rings is 1. The summed E-state index contributed by atoms with van der Waals surface area (Å²) in [5, 5.41) is 3.40. The fourth-order valence-electron chi connectivity index (χ4n) is 2.31. The van der Waals surface area contributed by atoms with E-state index in [0.29, 0.717) is 6.04 Å². The van der Waals surface area contributed by atoms with Crippen LogP contribution in [0.15, 0.2) is 18.2 Å². The van der Waals surface area contributed by atoms with Crippen LogP contribution < -0.4 is 5.32 Å². The van der Waals surface area contributed by atoms with E-state index < -0.39 is 0 Å². The summed E-state index contributed by atoms with van der Waals surface area (Å²) in [4.78, 5) is 14.6. The summed E-state index contributed by atoms with van der Waals surface area (Å²) >= 11 is 2.27. The number of nitrogens with one attached hydrogen (secondary N) is 1. The molecule has 2 unspecified atom stereocenters. The lowest BCUT2D eigenvalue weighted by Crippen LogP contribution is -2.57. The molecule has 1 aromatic carbocycles. The van der Waals surface area contributed by atoms with Crippen molar-refractivity contribution in [2.75, 3.05) is 13.1 Å². The first-order chi connectivity index (χ1) is 8.52. The van der Waals surface area contributed by atoms with Crippen molar-refractivity contribution in [3.05, 3.63) is 32.9 Å². The fraction of sp³-hybridized carbons (Fsp3) is 0.500. The molecule has 0 spiro atoms. The van der Waals surface area contributed by atoms with Gasteiger partial charge in [0.15, 0.2) is 0 Å². The number of hydrogen-bond acceptors (Lipinski definition) is 2. The third kappa shape index (κ3) is 2.54. The first-order valence-electron chi connectivity index (χ1n) is 6.32. The third-order valence-corrected chi connectivity index (χ3v) is 5.15. The summed E-state index contributed by atoms with van der Waals surface area (Å²) in [7, 11) is 0. The normalized spacial score (nSPS) is 24.1. The van der Waals surface area contributed by atoms with E-state index in [1.807, 2.05) is 30.0 Å². The van der Waals surface area contributed by atoms with E-state index in [9.17, 15) is 4.79 Å². The number of halogens is 1. The fourth-order valence-corrected chi connectivity index (χ4v) is 2.90. The molecule has 3 nitrogen and oxygen atoms in total. The zero-order valence-corrected chi connectivity index (χ0v) is 13.2. The number of benzene rings is 1. The molecule has 1 aromatic rings. The van der Waals surface area contributed by atoms with Gasteiger partial charge in [0.2, 0.25) is 0 Å². The molecular weight excluding hydrogens is 339 g/mol. The second-order valence-corrected chi connectivity index (χ2v) is 6.00. The van der Waals surface area contributed by atoms with Gasteiger partial charge in [0.1, 0.15) is 0 Å². The van der Waals surface area contributed by atoms with E-state index >= 15 is 0 Å². The molecule has 0 saturated carbocycles. The number of nitrogens with zero attached hydrogens (tertiary/aromatic N) is 1. The highest BCUT2D eigenvalue weighted by Crippen LogP contribution is 2.20.